The van der Waals surface area contributed by atoms with Gasteiger partial charge in [-0.3, -0.25) is 0 Å². The van der Waals surface area contributed by atoms with Gasteiger partial charge < -0.3 is 9.84 Å². The molecule has 136 valence electrons. The minimum Gasteiger partial charge on any atom is -0.362 e. The first-order valence-electron chi connectivity index (χ1n) is 8.43. The average molecular weight is 352 g/mol. The zero-order chi connectivity index (χ0) is 18.3. The SMILES string of the molecule is CCCC(O)(OCCCc1cccc(C(F)(F)F)c1)c1ccccc1. The molecule has 0 aliphatic rings. The number of hydrogen-bond acceptors (Lipinski definition) is 2. The third-order valence-corrected chi connectivity index (χ3v) is 4.02. The molecule has 0 aromatic heterocycles. The fraction of sp³-hybridized carbons (Fsp3) is 0.400. The maximum atomic E-state index is 12.7. The van der Waals surface area contributed by atoms with Gasteiger partial charge >= 0.3 is 6.18 Å². The van der Waals surface area contributed by atoms with Gasteiger partial charge in [-0.25, -0.2) is 0 Å². The first-order valence-corrected chi connectivity index (χ1v) is 8.43. The monoisotopic (exact) mass is 352 g/mol. The molecule has 0 aliphatic heterocycles. The zero-order valence-electron chi connectivity index (χ0n) is 14.2. The minimum atomic E-state index is -4.33. The quantitative estimate of drug-likeness (QED) is 0.516. The van der Waals surface area contributed by atoms with Crippen LogP contribution in [-0.2, 0) is 23.1 Å². The molecule has 0 radical (unpaired) electrons. The predicted molar refractivity (Wildman–Crippen MR) is 91.0 cm³/mol. The molecule has 0 bridgehead atoms. The topological polar surface area (TPSA) is 29.5 Å². The van der Waals surface area contributed by atoms with Crippen LogP contribution in [0.4, 0.5) is 13.2 Å². The number of rotatable bonds is 8. The van der Waals surface area contributed by atoms with E-state index in [1.807, 2.05) is 37.3 Å². The van der Waals surface area contributed by atoms with E-state index >= 15 is 0 Å². The van der Waals surface area contributed by atoms with Crippen LogP contribution in [-0.4, -0.2) is 11.7 Å². The summed E-state index contributed by atoms with van der Waals surface area (Å²) in [7, 11) is 0. The van der Waals surface area contributed by atoms with Gasteiger partial charge in [-0.1, -0.05) is 61.9 Å². The predicted octanol–water partition coefficient (Wildman–Crippen LogP) is 5.30. The second-order valence-corrected chi connectivity index (χ2v) is 6.05. The molecule has 2 aromatic carbocycles. The van der Waals surface area contributed by atoms with Gasteiger partial charge in [-0.05, 0) is 24.5 Å². The molecular weight excluding hydrogens is 329 g/mol. The van der Waals surface area contributed by atoms with E-state index in [0.717, 1.165) is 18.6 Å². The Balaban J connectivity index is 1.93. The van der Waals surface area contributed by atoms with Crippen LogP contribution < -0.4 is 0 Å². The van der Waals surface area contributed by atoms with E-state index in [4.69, 9.17) is 4.74 Å². The summed E-state index contributed by atoms with van der Waals surface area (Å²) in [6, 6.07) is 14.5. The first-order chi connectivity index (χ1) is 11.8. The van der Waals surface area contributed by atoms with Crippen LogP contribution in [0.15, 0.2) is 54.6 Å². The highest BCUT2D eigenvalue weighted by Crippen LogP contribution is 2.30. The lowest BCUT2D eigenvalue weighted by Crippen LogP contribution is -2.29. The highest BCUT2D eigenvalue weighted by atomic mass is 19.4. The van der Waals surface area contributed by atoms with Gasteiger partial charge in [0, 0.05) is 12.0 Å². The summed E-state index contributed by atoms with van der Waals surface area (Å²) < 4.78 is 43.9. The van der Waals surface area contributed by atoms with E-state index < -0.39 is 17.5 Å². The van der Waals surface area contributed by atoms with Crippen molar-refractivity contribution < 1.29 is 23.0 Å². The van der Waals surface area contributed by atoms with Crippen molar-refractivity contribution in [3.8, 4) is 0 Å². The van der Waals surface area contributed by atoms with Crippen molar-refractivity contribution in [2.24, 2.45) is 0 Å². The molecule has 2 aromatic rings. The third kappa shape index (κ3) is 5.58. The van der Waals surface area contributed by atoms with Gasteiger partial charge in [-0.2, -0.15) is 13.2 Å². The molecule has 25 heavy (non-hydrogen) atoms. The smallest absolute Gasteiger partial charge is 0.362 e. The summed E-state index contributed by atoms with van der Waals surface area (Å²) >= 11 is 0. The molecule has 2 rings (SSSR count). The molecule has 2 nitrogen and oxygen atoms in total. The Bertz CT molecular complexity index is 655. The van der Waals surface area contributed by atoms with Crippen LogP contribution in [0, 0.1) is 0 Å². The fourth-order valence-electron chi connectivity index (χ4n) is 2.76. The maximum Gasteiger partial charge on any atom is 0.416 e. The Morgan fingerprint density at radius 2 is 1.64 bits per heavy atom. The van der Waals surface area contributed by atoms with E-state index in [0.29, 0.717) is 30.4 Å². The van der Waals surface area contributed by atoms with Gasteiger partial charge in [0.05, 0.1) is 12.2 Å². The van der Waals surface area contributed by atoms with Crippen molar-refractivity contribution in [3.05, 3.63) is 71.3 Å². The molecule has 1 unspecified atom stereocenters. The van der Waals surface area contributed by atoms with Gasteiger partial charge in [0.15, 0.2) is 5.79 Å². The Labute approximate surface area is 146 Å². The average Bonchev–Trinajstić information content (AvgIpc) is 2.59. The van der Waals surface area contributed by atoms with Gasteiger partial charge in [0.2, 0.25) is 0 Å². The molecule has 0 heterocycles. The van der Waals surface area contributed by atoms with E-state index in [9.17, 15) is 18.3 Å². The number of aryl methyl sites for hydroxylation is 1. The summed E-state index contributed by atoms with van der Waals surface area (Å²) in [5, 5.41) is 10.8. The summed E-state index contributed by atoms with van der Waals surface area (Å²) in [5.74, 6) is -1.36. The molecule has 0 spiro atoms. The van der Waals surface area contributed by atoms with Crippen molar-refractivity contribution in [1.29, 1.82) is 0 Å². The summed E-state index contributed by atoms with van der Waals surface area (Å²) in [5.41, 5.74) is 0.658. The molecule has 0 amide bonds. The summed E-state index contributed by atoms with van der Waals surface area (Å²) in [6.07, 6.45) is -2.14. The lowest BCUT2D eigenvalue weighted by Gasteiger charge is -2.28. The van der Waals surface area contributed by atoms with Crippen LogP contribution in [0.2, 0.25) is 0 Å². The van der Waals surface area contributed by atoms with Crippen molar-refractivity contribution in [1.82, 2.24) is 0 Å². The normalized spacial score (nSPS) is 14.3. The first kappa shape index (κ1) is 19.5. The lowest BCUT2D eigenvalue weighted by molar-refractivity contribution is -0.217. The van der Waals surface area contributed by atoms with Crippen LogP contribution in [0.25, 0.3) is 0 Å². The molecule has 0 saturated carbocycles. The summed E-state index contributed by atoms with van der Waals surface area (Å²) in [6.45, 7) is 2.22. The van der Waals surface area contributed by atoms with E-state index in [2.05, 4.69) is 0 Å². The third-order valence-electron chi connectivity index (χ3n) is 4.02. The largest absolute Gasteiger partial charge is 0.416 e. The van der Waals surface area contributed by atoms with Crippen molar-refractivity contribution in [3.63, 3.8) is 0 Å². The zero-order valence-corrected chi connectivity index (χ0v) is 14.2. The van der Waals surface area contributed by atoms with Gasteiger partial charge in [0.1, 0.15) is 0 Å². The number of halogens is 3. The number of alkyl halides is 3. The van der Waals surface area contributed by atoms with Crippen molar-refractivity contribution in [2.45, 2.75) is 44.6 Å². The molecule has 0 aliphatic carbocycles. The van der Waals surface area contributed by atoms with Gasteiger partial charge in [0.25, 0.3) is 0 Å². The second-order valence-electron chi connectivity index (χ2n) is 6.05. The Morgan fingerprint density at radius 3 is 2.28 bits per heavy atom. The Kier molecular flexibility index (Phi) is 6.62. The minimum absolute atomic E-state index is 0.266. The lowest BCUT2D eigenvalue weighted by atomic mass is 10.0. The number of ether oxygens (including phenoxy) is 1. The Morgan fingerprint density at radius 1 is 0.960 bits per heavy atom. The van der Waals surface area contributed by atoms with Crippen LogP contribution in [0.3, 0.4) is 0 Å². The fourth-order valence-corrected chi connectivity index (χ4v) is 2.76. The summed E-state index contributed by atoms with van der Waals surface area (Å²) in [4.78, 5) is 0. The van der Waals surface area contributed by atoms with E-state index in [-0.39, 0.29) is 6.61 Å². The molecule has 1 atom stereocenters. The number of benzene rings is 2. The second kappa shape index (κ2) is 8.50. The standard InChI is InChI=1S/C20H23F3O2/c1-2-13-19(24,17-10-4-3-5-11-17)25-14-7-9-16-8-6-12-18(15-16)20(21,22)23/h3-6,8,10-12,15,24H,2,7,9,13-14H2,1H3. The number of hydrogen-bond donors (Lipinski definition) is 1. The Hall–Kier alpha value is -1.85. The molecular formula is C20H23F3O2. The van der Waals surface area contributed by atoms with Crippen molar-refractivity contribution >= 4 is 0 Å². The van der Waals surface area contributed by atoms with Crippen LogP contribution in [0.1, 0.15) is 42.9 Å². The molecule has 1 N–H and O–H groups in total. The van der Waals surface area contributed by atoms with E-state index in [1.165, 1.54) is 6.07 Å². The van der Waals surface area contributed by atoms with E-state index in [1.54, 1.807) is 6.07 Å². The molecule has 0 fully saturated rings. The highest BCUT2D eigenvalue weighted by Gasteiger charge is 2.30. The van der Waals surface area contributed by atoms with Crippen molar-refractivity contribution in [2.75, 3.05) is 6.61 Å². The highest BCUT2D eigenvalue weighted by molar-refractivity contribution is 5.25. The van der Waals surface area contributed by atoms with Gasteiger partial charge in [-0.15, -0.1) is 0 Å². The molecule has 0 saturated heterocycles. The maximum absolute atomic E-state index is 12.7. The van der Waals surface area contributed by atoms with Crippen LogP contribution in [0.5, 0.6) is 0 Å². The number of aliphatic hydroxyl groups is 1. The molecule has 5 heteroatoms. The van der Waals surface area contributed by atoms with Crippen LogP contribution >= 0.6 is 0 Å².